The Hall–Kier alpha value is -1.55. The highest BCUT2D eigenvalue weighted by molar-refractivity contribution is 5.88. The molecule has 4 heteroatoms. The number of nitrogens with zero attached hydrogens (tertiary/aromatic N) is 1. The summed E-state index contributed by atoms with van der Waals surface area (Å²) < 4.78 is 0. The summed E-state index contributed by atoms with van der Waals surface area (Å²) in [5.74, 6) is 0.0982. The van der Waals surface area contributed by atoms with Crippen molar-refractivity contribution in [2.45, 2.75) is 30.7 Å². The van der Waals surface area contributed by atoms with E-state index in [0.29, 0.717) is 6.54 Å². The van der Waals surface area contributed by atoms with Gasteiger partial charge in [-0.3, -0.25) is 4.79 Å². The monoisotopic (exact) mass is 273 g/mol. The molecule has 108 valence electrons. The Bertz CT molecular complexity index is 508. The Morgan fingerprint density at radius 2 is 2.15 bits per heavy atom. The average Bonchev–Trinajstić information content (AvgIpc) is 2.80. The second-order valence-electron chi connectivity index (χ2n) is 6.21. The molecule has 1 aromatic carbocycles. The van der Waals surface area contributed by atoms with Crippen LogP contribution in [0.2, 0.25) is 0 Å². The summed E-state index contributed by atoms with van der Waals surface area (Å²) in [6, 6.07) is 8.08. The summed E-state index contributed by atoms with van der Waals surface area (Å²) in [6.07, 6.45) is 3.63. The van der Waals surface area contributed by atoms with Gasteiger partial charge in [0.1, 0.15) is 0 Å². The van der Waals surface area contributed by atoms with E-state index >= 15 is 0 Å². The minimum Gasteiger partial charge on any atom is -0.384 e. The molecule has 1 heterocycles. The fraction of sp³-hybridized carbons (Fsp3) is 0.562. The lowest BCUT2D eigenvalue weighted by atomic mass is 9.75. The molecule has 2 aliphatic rings. The maximum absolute atomic E-state index is 12.4. The van der Waals surface area contributed by atoms with Gasteiger partial charge in [0.05, 0.1) is 5.92 Å². The van der Waals surface area contributed by atoms with Crippen LogP contribution in [-0.4, -0.2) is 43.5 Å². The van der Waals surface area contributed by atoms with Gasteiger partial charge >= 0.3 is 0 Å². The van der Waals surface area contributed by atoms with Gasteiger partial charge in [-0.25, -0.2) is 0 Å². The zero-order valence-electron chi connectivity index (χ0n) is 12.3. The maximum atomic E-state index is 12.4. The van der Waals surface area contributed by atoms with Gasteiger partial charge < -0.3 is 15.5 Å². The minimum atomic E-state index is -0.0505. The van der Waals surface area contributed by atoms with Crippen LogP contribution in [-0.2, 0) is 4.79 Å². The number of benzene rings is 1. The highest BCUT2D eigenvalue weighted by atomic mass is 16.1. The van der Waals surface area contributed by atoms with E-state index in [1.807, 2.05) is 24.3 Å². The van der Waals surface area contributed by atoms with Crippen LogP contribution in [0.1, 0.15) is 30.7 Å². The second-order valence-corrected chi connectivity index (χ2v) is 6.21. The SMILES string of the molecule is CN(C)C1(CNC(=O)C2CNc3ccccc32)CCC1. The number of likely N-dealkylation sites (N-methyl/N-ethyl adjacent to an activating group) is 1. The number of hydrogen-bond acceptors (Lipinski definition) is 3. The summed E-state index contributed by atoms with van der Waals surface area (Å²) in [6.45, 7) is 1.47. The predicted octanol–water partition coefficient (Wildman–Crippen LogP) is 1.80. The van der Waals surface area contributed by atoms with Crippen molar-refractivity contribution < 1.29 is 4.79 Å². The molecule has 1 aromatic rings. The largest absolute Gasteiger partial charge is 0.384 e. The van der Waals surface area contributed by atoms with Crippen LogP contribution < -0.4 is 10.6 Å². The minimum absolute atomic E-state index is 0.0505. The first-order valence-corrected chi connectivity index (χ1v) is 7.40. The van der Waals surface area contributed by atoms with Crippen molar-refractivity contribution in [1.29, 1.82) is 0 Å². The molecule has 20 heavy (non-hydrogen) atoms. The fourth-order valence-electron chi connectivity index (χ4n) is 3.26. The Morgan fingerprint density at radius 3 is 2.80 bits per heavy atom. The molecule has 2 N–H and O–H groups in total. The van der Waals surface area contributed by atoms with Gasteiger partial charge in [-0.1, -0.05) is 18.2 Å². The van der Waals surface area contributed by atoms with E-state index in [0.717, 1.165) is 17.8 Å². The number of fused-ring (bicyclic) bond motifs is 1. The highest BCUT2D eigenvalue weighted by Crippen LogP contribution is 2.36. The van der Waals surface area contributed by atoms with E-state index in [4.69, 9.17) is 0 Å². The smallest absolute Gasteiger partial charge is 0.229 e. The molecule has 0 saturated heterocycles. The first-order chi connectivity index (χ1) is 9.62. The lowest BCUT2D eigenvalue weighted by molar-refractivity contribution is -0.123. The van der Waals surface area contributed by atoms with E-state index in [2.05, 4.69) is 29.6 Å². The lowest BCUT2D eigenvalue weighted by Gasteiger charge is -2.47. The standard InChI is InChI=1S/C16H23N3O/c1-19(2)16(8-5-9-16)11-18-15(20)13-10-17-14-7-4-3-6-12(13)14/h3-4,6-7,13,17H,5,8-11H2,1-2H3,(H,18,20). The van der Waals surface area contributed by atoms with Crippen molar-refractivity contribution in [3.05, 3.63) is 29.8 Å². The van der Waals surface area contributed by atoms with Crippen molar-refractivity contribution in [3.63, 3.8) is 0 Å². The normalized spacial score (nSPS) is 22.9. The molecule has 0 aromatic heterocycles. The van der Waals surface area contributed by atoms with Gasteiger partial charge in [0.15, 0.2) is 0 Å². The van der Waals surface area contributed by atoms with E-state index in [1.165, 1.54) is 19.3 Å². The number of carbonyl (C=O) groups is 1. The summed E-state index contributed by atoms with van der Waals surface area (Å²) in [7, 11) is 4.22. The highest BCUT2D eigenvalue weighted by Gasteiger charge is 2.40. The number of rotatable bonds is 4. The molecule has 3 rings (SSSR count). The third-order valence-corrected chi connectivity index (χ3v) is 4.97. The van der Waals surface area contributed by atoms with Gasteiger partial charge in [-0.2, -0.15) is 0 Å². The van der Waals surface area contributed by atoms with E-state index < -0.39 is 0 Å². The molecule has 1 fully saturated rings. The van der Waals surface area contributed by atoms with Gasteiger partial charge in [-0.05, 0) is 45.0 Å². The fourth-order valence-corrected chi connectivity index (χ4v) is 3.26. The maximum Gasteiger partial charge on any atom is 0.229 e. The molecule has 1 unspecified atom stereocenters. The first-order valence-electron chi connectivity index (χ1n) is 7.40. The number of para-hydroxylation sites is 1. The number of anilines is 1. The van der Waals surface area contributed by atoms with Gasteiger partial charge in [0.2, 0.25) is 5.91 Å². The van der Waals surface area contributed by atoms with Crippen molar-refractivity contribution in [2.24, 2.45) is 0 Å². The van der Waals surface area contributed by atoms with Crippen molar-refractivity contribution in [1.82, 2.24) is 10.2 Å². The molecular weight excluding hydrogens is 250 g/mol. The summed E-state index contributed by atoms with van der Waals surface area (Å²) >= 11 is 0. The summed E-state index contributed by atoms with van der Waals surface area (Å²) in [4.78, 5) is 14.7. The van der Waals surface area contributed by atoms with Crippen LogP contribution in [0.5, 0.6) is 0 Å². The Kier molecular flexibility index (Phi) is 3.42. The zero-order chi connectivity index (χ0) is 14.2. The number of hydrogen-bond donors (Lipinski definition) is 2. The van der Waals surface area contributed by atoms with E-state index in [1.54, 1.807) is 0 Å². The van der Waals surface area contributed by atoms with Gasteiger partial charge in [-0.15, -0.1) is 0 Å². The molecule has 1 atom stereocenters. The number of carbonyl (C=O) groups excluding carboxylic acids is 1. The molecule has 1 aliphatic heterocycles. The van der Waals surface area contributed by atoms with Crippen LogP contribution in [0, 0.1) is 0 Å². The van der Waals surface area contributed by atoms with Gasteiger partial charge in [0, 0.05) is 24.3 Å². The second kappa shape index (κ2) is 5.09. The molecule has 0 radical (unpaired) electrons. The molecular formula is C16H23N3O. The van der Waals surface area contributed by atoms with Gasteiger partial charge in [0.25, 0.3) is 0 Å². The van der Waals surface area contributed by atoms with E-state index in [-0.39, 0.29) is 17.4 Å². The molecule has 1 aliphatic carbocycles. The Labute approximate surface area is 120 Å². The van der Waals surface area contributed by atoms with Crippen LogP contribution in [0.25, 0.3) is 0 Å². The number of nitrogens with one attached hydrogen (secondary N) is 2. The van der Waals surface area contributed by atoms with Crippen LogP contribution >= 0.6 is 0 Å². The molecule has 4 nitrogen and oxygen atoms in total. The Morgan fingerprint density at radius 1 is 1.40 bits per heavy atom. The predicted molar refractivity (Wildman–Crippen MR) is 81.0 cm³/mol. The average molecular weight is 273 g/mol. The van der Waals surface area contributed by atoms with Crippen molar-refractivity contribution in [3.8, 4) is 0 Å². The third kappa shape index (κ3) is 2.18. The third-order valence-electron chi connectivity index (χ3n) is 4.97. The van der Waals surface area contributed by atoms with Crippen molar-refractivity contribution >= 4 is 11.6 Å². The van der Waals surface area contributed by atoms with Crippen LogP contribution in [0.15, 0.2) is 24.3 Å². The quantitative estimate of drug-likeness (QED) is 0.879. The molecule has 0 bridgehead atoms. The lowest BCUT2D eigenvalue weighted by Crippen LogP contribution is -2.57. The summed E-state index contributed by atoms with van der Waals surface area (Å²) in [5, 5.41) is 6.48. The first kappa shape index (κ1) is 13.4. The molecule has 1 amide bonds. The Balaban J connectivity index is 1.64. The van der Waals surface area contributed by atoms with Crippen LogP contribution in [0.4, 0.5) is 5.69 Å². The summed E-state index contributed by atoms with van der Waals surface area (Å²) in [5.41, 5.74) is 2.40. The zero-order valence-corrected chi connectivity index (χ0v) is 12.3. The van der Waals surface area contributed by atoms with Crippen LogP contribution in [0.3, 0.4) is 0 Å². The van der Waals surface area contributed by atoms with E-state index in [9.17, 15) is 4.79 Å². The molecule has 0 spiro atoms. The number of amides is 1. The molecule has 1 saturated carbocycles. The topological polar surface area (TPSA) is 44.4 Å². The van der Waals surface area contributed by atoms with Crippen molar-refractivity contribution in [2.75, 3.05) is 32.5 Å².